The van der Waals surface area contributed by atoms with Crippen LogP contribution in [0.2, 0.25) is 0 Å². The standard InChI is InChI=1S/C9H12FNO2S/c1-11(2)9-5-3-4-8(6-9)7-14(10,12)13/h3-6H,7H2,1-2H3. The number of halogens is 1. The summed E-state index contributed by atoms with van der Waals surface area (Å²) in [5, 5.41) is 0. The summed E-state index contributed by atoms with van der Waals surface area (Å²) >= 11 is 0. The van der Waals surface area contributed by atoms with Crippen LogP contribution in [0, 0.1) is 0 Å². The van der Waals surface area contributed by atoms with Gasteiger partial charge in [0.1, 0.15) is 5.75 Å². The molecule has 0 saturated heterocycles. The zero-order valence-electron chi connectivity index (χ0n) is 8.07. The number of nitrogens with zero attached hydrogens (tertiary/aromatic N) is 1. The molecule has 1 aromatic carbocycles. The van der Waals surface area contributed by atoms with Gasteiger partial charge >= 0.3 is 10.2 Å². The van der Waals surface area contributed by atoms with Gasteiger partial charge in [-0.05, 0) is 17.7 Å². The molecular weight excluding hydrogens is 205 g/mol. The van der Waals surface area contributed by atoms with Crippen molar-refractivity contribution in [1.29, 1.82) is 0 Å². The second-order valence-corrected chi connectivity index (χ2v) is 4.61. The second kappa shape index (κ2) is 3.96. The zero-order valence-corrected chi connectivity index (χ0v) is 8.88. The summed E-state index contributed by atoms with van der Waals surface area (Å²) in [4.78, 5) is 1.83. The van der Waals surface area contributed by atoms with E-state index in [0.717, 1.165) is 5.69 Å². The largest absolute Gasteiger partial charge is 0.378 e. The minimum Gasteiger partial charge on any atom is -0.378 e. The van der Waals surface area contributed by atoms with Crippen molar-refractivity contribution < 1.29 is 12.3 Å². The summed E-state index contributed by atoms with van der Waals surface area (Å²) in [5.41, 5.74) is 1.31. The van der Waals surface area contributed by atoms with Crippen molar-refractivity contribution in [3.63, 3.8) is 0 Å². The van der Waals surface area contributed by atoms with E-state index in [1.54, 1.807) is 18.2 Å². The predicted octanol–water partition coefficient (Wildman–Crippen LogP) is 1.55. The Morgan fingerprint density at radius 3 is 2.50 bits per heavy atom. The quantitative estimate of drug-likeness (QED) is 0.721. The molecule has 0 aromatic heterocycles. The SMILES string of the molecule is CN(C)c1cccc(CS(=O)(=O)F)c1. The number of anilines is 1. The molecule has 0 fully saturated rings. The lowest BCUT2D eigenvalue weighted by Crippen LogP contribution is -2.09. The van der Waals surface area contributed by atoms with Crippen LogP contribution in [-0.2, 0) is 16.0 Å². The molecule has 1 rings (SSSR count). The van der Waals surface area contributed by atoms with E-state index in [-0.39, 0.29) is 0 Å². The smallest absolute Gasteiger partial charge is 0.306 e. The minimum absolute atomic E-state index is 0.457. The molecule has 0 aliphatic heterocycles. The molecule has 1 aromatic rings. The Morgan fingerprint density at radius 2 is 2.00 bits per heavy atom. The molecule has 0 amide bonds. The van der Waals surface area contributed by atoms with Gasteiger partial charge in [0.05, 0.1) is 0 Å². The Labute approximate surface area is 83.4 Å². The molecule has 0 spiro atoms. The number of hydrogen-bond acceptors (Lipinski definition) is 3. The van der Waals surface area contributed by atoms with Gasteiger partial charge in [-0.15, -0.1) is 3.89 Å². The fourth-order valence-corrected chi connectivity index (χ4v) is 1.70. The molecule has 0 unspecified atom stereocenters. The molecule has 0 atom stereocenters. The monoisotopic (exact) mass is 217 g/mol. The summed E-state index contributed by atoms with van der Waals surface area (Å²) in [6.07, 6.45) is 0. The van der Waals surface area contributed by atoms with E-state index in [1.165, 1.54) is 0 Å². The van der Waals surface area contributed by atoms with E-state index in [9.17, 15) is 12.3 Å². The van der Waals surface area contributed by atoms with Gasteiger partial charge in [0.25, 0.3) is 0 Å². The fraction of sp³-hybridized carbons (Fsp3) is 0.333. The van der Waals surface area contributed by atoms with Crippen molar-refractivity contribution in [3.8, 4) is 0 Å². The summed E-state index contributed by atoms with van der Waals surface area (Å²) in [6, 6.07) is 6.77. The number of benzene rings is 1. The second-order valence-electron chi connectivity index (χ2n) is 3.25. The maximum Gasteiger partial charge on any atom is 0.306 e. The van der Waals surface area contributed by atoms with Crippen LogP contribution in [0.3, 0.4) is 0 Å². The molecule has 0 bridgehead atoms. The summed E-state index contributed by atoms with van der Waals surface area (Å²) in [5.74, 6) is -0.561. The summed E-state index contributed by atoms with van der Waals surface area (Å²) in [6.45, 7) is 0. The third-order valence-corrected chi connectivity index (χ3v) is 2.44. The van der Waals surface area contributed by atoms with Gasteiger partial charge in [0.15, 0.2) is 0 Å². The first-order valence-electron chi connectivity index (χ1n) is 4.07. The van der Waals surface area contributed by atoms with Crippen molar-refractivity contribution >= 4 is 15.9 Å². The van der Waals surface area contributed by atoms with Gasteiger partial charge in [-0.1, -0.05) is 12.1 Å². The first-order valence-corrected chi connectivity index (χ1v) is 5.62. The maximum absolute atomic E-state index is 12.4. The van der Waals surface area contributed by atoms with Crippen molar-refractivity contribution in [2.75, 3.05) is 19.0 Å². The Hall–Kier alpha value is -1.10. The van der Waals surface area contributed by atoms with E-state index in [4.69, 9.17) is 0 Å². The third kappa shape index (κ3) is 3.33. The summed E-state index contributed by atoms with van der Waals surface area (Å²) < 4.78 is 33.2. The van der Waals surface area contributed by atoms with Gasteiger partial charge in [-0.25, -0.2) is 0 Å². The van der Waals surface area contributed by atoms with E-state index < -0.39 is 16.0 Å². The predicted molar refractivity (Wildman–Crippen MR) is 54.5 cm³/mol. The average Bonchev–Trinajstić information content (AvgIpc) is 2.01. The lowest BCUT2D eigenvalue weighted by atomic mass is 10.2. The average molecular weight is 217 g/mol. The minimum atomic E-state index is -4.44. The van der Waals surface area contributed by atoms with Crippen LogP contribution in [0.1, 0.15) is 5.56 Å². The Bertz CT molecular complexity index is 415. The van der Waals surface area contributed by atoms with Crippen LogP contribution in [0.4, 0.5) is 9.57 Å². The highest BCUT2D eigenvalue weighted by Gasteiger charge is 2.09. The molecule has 3 nitrogen and oxygen atoms in total. The molecule has 0 N–H and O–H groups in total. The van der Waals surface area contributed by atoms with Gasteiger partial charge in [0.2, 0.25) is 0 Å². The number of rotatable bonds is 3. The van der Waals surface area contributed by atoms with Gasteiger partial charge in [-0.2, -0.15) is 8.42 Å². The fourth-order valence-electron chi connectivity index (χ4n) is 1.12. The Balaban J connectivity index is 2.95. The molecule has 0 aliphatic rings. The van der Waals surface area contributed by atoms with Crippen LogP contribution >= 0.6 is 0 Å². The Morgan fingerprint density at radius 1 is 1.36 bits per heavy atom. The molecular formula is C9H12FNO2S. The van der Waals surface area contributed by atoms with Gasteiger partial charge in [0, 0.05) is 19.8 Å². The molecule has 14 heavy (non-hydrogen) atoms. The van der Waals surface area contributed by atoms with E-state index in [0.29, 0.717) is 5.56 Å². The number of hydrogen-bond donors (Lipinski definition) is 0. The molecule has 0 saturated carbocycles. The first-order chi connectivity index (χ1) is 6.38. The van der Waals surface area contributed by atoms with Crippen molar-refractivity contribution in [2.45, 2.75) is 5.75 Å². The van der Waals surface area contributed by atoms with Gasteiger partial charge in [-0.3, -0.25) is 0 Å². The Kier molecular flexibility index (Phi) is 3.10. The zero-order chi connectivity index (χ0) is 10.8. The van der Waals surface area contributed by atoms with Crippen LogP contribution in [0.5, 0.6) is 0 Å². The van der Waals surface area contributed by atoms with Crippen molar-refractivity contribution in [3.05, 3.63) is 29.8 Å². The highest BCUT2D eigenvalue weighted by atomic mass is 32.3. The maximum atomic E-state index is 12.4. The van der Waals surface area contributed by atoms with Crippen LogP contribution < -0.4 is 4.90 Å². The normalized spacial score (nSPS) is 11.4. The van der Waals surface area contributed by atoms with Gasteiger partial charge < -0.3 is 4.90 Å². The van der Waals surface area contributed by atoms with Crippen molar-refractivity contribution in [2.24, 2.45) is 0 Å². The molecule has 5 heteroatoms. The first kappa shape index (κ1) is 11.0. The van der Waals surface area contributed by atoms with Crippen LogP contribution in [-0.4, -0.2) is 22.5 Å². The lowest BCUT2D eigenvalue weighted by molar-refractivity contribution is 0.551. The van der Waals surface area contributed by atoms with E-state index >= 15 is 0 Å². The summed E-state index contributed by atoms with van der Waals surface area (Å²) in [7, 11) is -0.765. The van der Waals surface area contributed by atoms with E-state index in [1.807, 2.05) is 25.1 Å². The van der Waals surface area contributed by atoms with E-state index in [2.05, 4.69) is 0 Å². The third-order valence-electron chi connectivity index (χ3n) is 1.77. The molecule has 78 valence electrons. The molecule has 0 aliphatic carbocycles. The molecule has 0 radical (unpaired) electrons. The van der Waals surface area contributed by atoms with Crippen LogP contribution in [0.25, 0.3) is 0 Å². The van der Waals surface area contributed by atoms with Crippen LogP contribution in [0.15, 0.2) is 24.3 Å². The topological polar surface area (TPSA) is 37.4 Å². The van der Waals surface area contributed by atoms with Crippen molar-refractivity contribution in [1.82, 2.24) is 0 Å². The highest BCUT2D eigenvalue weighted by Crippen LogP contribution is 2.15. The highest BCUT2D eigenvalue weighted by molar-refractivity contribution is 7.85. The lowest BCUT2D eigenvalue weighted by Gasteiger charge is -2.12. The molecule has 0 heterocycles.